The second-order valence-electron chi connectivity index (χ2n) is 7.05. The minimum Gasteiger partial charge on any atom is -0.497 e. The van der Waals surface area contributed by atoms with Gasteiger partial charge in [-0.05, 0) is 29.8 Å². The first-order valence-electron chi connectivity index (χ1n) is 9.12. The number of carbonyl (C=O) groups is 1. The second-order valence-corrected chi connectivity index (χ2v) is 11.2. The van der Waals surface area contributed by atoms with Crippen LogP contribution < -0.4 is 9.64 Å². The zero-order valence-electron chi connectivity index (χ0n) is 15.9. The summed E-state index contributed by atoms with van der Waals surface area (Å²) in [5, 5.41) is 0.954. The van der Waals surface area contributed by atoms with E-state index in [1.165, 1.54) is 11.8 Å². The molecule has 2 aromatic carbocycles. The van der Waals surface area contributed by atoms with Crippen LogP contribution in [0, 0.1) is 0 Å². The first-order valence-corrected chi connectivity index (χ1v) is 12.6. The van der Waals surface area contributed by atoms with E-state index in [0.717, 1.165) is 5.56 Å². The largest absolute Gasteiger partial charge is 0.497 e. The van der Waals surface area contributed by atoms with E-state index in [1.54, 1.807) is 42.3 Å². The Balaban J connectivity index is 1.66. The highest BCUT2D eigenvalue weighted by Gasteiger charge is 2.50. The SMILES string of the molecule is COc1ccc(CC(=O)N=C2S[C@H]3CS(=O)(=O)C[C@H]3N2c2c(Cl)cccc2Cl)cc1. The zero-order chi connectivity index (χ0) is 21.5. The average molecular weight is 485 g/mol. The fourth-order valence-electron chi connectivity index (χ4n) is 3.61. The van der Waals surface area contributed by atoms with Crippen LogP contribution in [0.1, 0.15) is 5.56 Å². The average Bonchev–Trinajstić information content (AvgIpc) is 3.14. The number of hydrogen-bond acceptors (Lipinski definition) is 5. The minimum absolute atomic E-state index is 0.0299. The molecular formula is C20H18Cl2N2O4S2. The summed E-state index contributed by atoms with van der Waals surface area (Å²) in [7, 11) is -1.60. The number of anilines is 1. The van der Waals surface area contributed by atoms with Gasteiger partial charge in [0.1, 0.15) is 5.75 Å². The molecule has 158 valence electrons. The highest BCUT2D eigenvalue weighted by Crippen LogP contribution is 2.45. The van der Waals surface area contributed by atoms with Gasteiger partial charge < -0.3 is 9.64 Å². The molecule has 2 aromatic rings. The Kier molecular flexibility index (Phi) is 6.03. The van der Waals surface area contributed by atoms with Gasteiger partial charge in [0, 0.05) is 5.25 Å². The van der Waals surface area contributed by atoms with Crippen molar-refractivity contribution in [1.29, 1.82) is 0 Å². The third-order valence-corrected chi connectivity index (χ3v) is 8.80. The number of carbonyl (C=O) groups excluding carboxylic acids is 1. The summed E-state index contributed by atoms with van der Waals surface area (Å²) in [5.41, 5.74) is 1.28. The zero-order valence-corrected chi connectivity index (χ0v) is 19.1. The van der Waals surface area contributed by atoms with Crippen molar-refractivity contribution in [2.24, 2.45) is 4.99 Å². The Morgan fingerprint density at radius 1 is 1.17 bits per heavy atom. The smallest absolute Gasteiger partial charge is 0.252 e. The van der Waals surface area contributed by atoms with Gasteiger partial charge in [0.05, 0.1) is 46.8 Å². The molecule has 30 heavy (non-hydrogen) atoms. The van der Waals surface area contributed by atoms with Gasteiger partial charge in [-0.1, -0.05) is 53.2 Å². The number of halogens is 2. The first-order chi connectivity index (χ1) is 14.3. The van der Waals surface area contributed by atoms with Crippen molar-refractivity contribution in [3.63, 3.8) is 0 Å². The Morgan fingerprint density at radius 3 is 2.47 bits per heavy atom. The van der Waals surface area contributed by atoms with Crippen LogP contribution in [-0.4, -0.2) is 49.4 Å². The highest BCUT2D eigenvalue weighted by atomic mass is 35.5. The van der Waals surface area contributed by atoms with Gasteiger partial charge in [-0.25, -0.2) is 8.42 Å². The monoisotopic (exact) mass is 484 g/mol. The summed E-state index contributed by atoms with van der Waals surface area (Å²) < 4.78 is 29.5. The maximum Gasteiger partial charge on any atom is 0.252 e. The number of aliphatic imine (C=N–C) groups is 1. The molecule has 2 fully saturated rings. The third kappa shape index (κ3) is 4.32. The number of fused-ring (bicyclic) bond motifs is 1. The van der Waals surface area contributed by atoms with Crippen LogP contribution in [0.2, 0.25) is 10.0 Å². The maximum absolute atomic E-state index is 12.7. The van der Waals surface area contributed by atoms with Gasteiger partial charge in [0.15, 0.2) is 15.0 Å². The molecule has 10 heteroatoms. The molecule has 0 N–H and O–H groups in total. The Labute approximate surface area is 189 Å². The fraction of sp³-hybridized carbons (Fsp3) is 0.300. The number of para-hydroxylation sites is 1. The topological polar surface area (TPSA) is 76.0 Å². The molecule has 0 saturated carbocycles. The number of methoxy groups -OCH3 is 1. The van der Waals surface area contributed by atoms with Crippen molar-refractivity contribution >= 4 is 61.6 Å². The van der Waals surface area contributed by atoms with E-state index in [2.05, 4.69) is 4.99 Å². The summed E-state index contributed by atoms with van der Waals surface area (Å²) in [6, 6.07) is 11.9. The van der Waals surface area contributed by atoms with E-state index in [1.807, 2.05) is 12.1 Å². The lowest BCUT2D eigenvalue weighted by atomic mass is 10.1. The minimum atomic E-state index is -3.18. The van der Waals surface area contributed by atoms with Gasteiger partial charge >= 0.3 is 0 Å². The number of sulfone groups is 1. The van der Waals surface area contributed by atoms with Crippen LogP contribution in [-0.2, 0) is 21.1 Å². The summed E-state index contributed by atoms with van der Waals surface area (Å²) in [4.78, 5) is 18.7. The maximum atomic E-state index is 12.7. The van der Waals surface area contributed by atoms with E-state index in [9.17, 15) is 13.2 Å². The molecule has 2 aliphatic heterocycles. The standard InChI is InChI=1S/C20H18Cl2N2O4S2/c1-28-13-7-5-12(6-8-13)9-18(25)23-20-24(19-14(21)3-2-4-15(19)22)16-10-30(26,27)11-17(16)29-20/h2-8,16-17H,9-11H2,1H3/t16-,17+/m1/s1. The molecule has 0 aromatic heterocycles. The normalized spacial score (nSPS) is 23.6. The number of nitrogens with zero attached hydrogens (tertiary/aromatic N) is 2. The predicted molar refractivity (Wildman–Crippen MR) is 122 cm³/mol. The number of thioether (sulfide) groups is 1. The van der Waals surface area contributed by atoms with Crippen LogP contribution in [0.25, 0.3) is 0 Å². The number of hydrogen-bond donors (Lipinski definition) is 0. The molecule has 2 aliphatic rings. The van der Waals surface area contributed by atoms with Crippen LogP contribution in [0.3, 0.4) is 0 Å². The molecule has 0 radical (unpaired) electrons. The lowest BCUT2D eigenvalue weighted by Crippen LogP contribution is -2.38. The number of ether oxygens (including phenoxy) is 1. The van der Waals surface area contributed by atoms with Crippen molar-refractivity contribution in [2.75, 3.05) is 23.5 Å². The summed E-state index contributed by atoms with van der Waals surface area (Å²) in [6.07, 6.45) is 0.117. The molecule has 2 saturated heterocycles. The van der Waals surface area contributed by atoms with Crippen molar-refractivity contribution in [1.82, 2.24) is 0 Å². The molecule has 0 aliphatic carbocycles. The van der Waals surface area contributed by atoms with E-state index in [4.69, 9.17) is 27.9 Å². The molecule has 2 heterocycles. The van der Waals surface area contributed by atoms with E-state index >= 15 is 0 Å². The number of amidine groups is 1. The van der Waals surface area contributed by atoms with Gasteiger partial charge in [-0.15, -0.1) is 0 Å². The highest BCUT2D eigenvalue weighted by molar-refractivity contribution is 8.16. The first kappa shape index (κ1) is 21.5. The molecule has 0 unspecified atom stereocenters. The Bertz CT molecular complexity index is 1100. The van der Waals surface area contributed by atoms with E-state index in [-0.39, 0.29) is 35.1 Å². The van der Waals surface area contributed by atoms with Gasteiger partial charge in [0.2, 0.25) is 0 Å². The van der Waals surface area contributed by atoms with Crippen molar-refractivity contribution in [3.05, 3.63) is 58.1 Å². The predicted octanol–water partition coefficient (Wildman–Crippen LogP) is 3.85. The van der Waals surface area contributed by atoms with Gasteiger partial charge in [0.25, 0.3) is 5.91 Å². The van der Waals surface area contributed by atoms with E-state index in [0.29, 0.717) is 26.6 Å². The van der Waals surface area contributed by atoms with Crippen LogP contribution in [0.15, 0.2) is 47.5 Å². The third-order valence-electron chi connectivity index (χ3n) is 4.98. The summed E-state index contributed by atoms with van der Waals surface area (Å²) >= 11 is 14.1. The molecule has 6 nitrogen and oxygen atoms in total. The summed E-state index contributed by atoms with van der Waals surface area (Å²) in [6.45, 7) is 0. The Hall–Kier alpha value is -1.74. The van der Waals surface area contributed by atoms with Gasteiger partial charge in [-0.3, -0.25) is 4.79 Å². The molecule has 0 spiro atoms. The van der Waals surface area contributed by atoms with Crippen molar-refractivity contribution < 1.29 is 17.9 Å². The molecule has 1 amide bonds. The lowest BCUT2D eigenvalue weighted by Gasteiger charge is -2.26. The second kappa shape index (κ2) is 8.42. The molecular weight excluding hydrogens is 467 g/mol. The number of rotatable bonds is 4. The lowest BCUT2D eigenvalue weighted by molar-refractivity contribution is -0.117. The summed E-state index contributed by atoms with van der Waals surface area (Å²) in [5.74, 6) is 0.376. The number of amides is 1. The van der Waals surface area contributed by atoms with E-state index < -0.39 is 9.84 Å². The molecule has 4 rings (SSSR count). The fourth-order valence-corrected chi connectivity index (χ4v) is 8.11. The van der Waals surface area contributed by atoms with Crippen molar-refractivity contribution in [3.8, 4) is 5.75 Å². The van der Waals surface area contributed by atoms with Crippen molar-refractivity contribution in [2.45, 2.75) is 17.7 Å². The molecule has 2 atom stereocenters. The van der Waals surface area contributed by atoms with Gasteiger partial charge in [-0.2, -0.15) is 4.99 Å². The molecule has 0 bridgehead atoms. The van der Waals surface area contributed by atoms with Crippen LogP contribution in [0.5, 0.6) is 5.75 Å². The Morgan fingerprint density at radius 2 is 1.83 bits per heavy atom. The number of benzene rings is 2. The quantitative estimate of drug-likeness (QED) is 0.655. The van der Waals surface area contributed by atoms with Crippen LogP contribution >= 0.6 is 35.0 Å². The van der Waals surface area contributed by atoms with Crippen LogP contribution in [0.4, 0.5) is 5.69 Å².